The largest absolute Gasteiger partial charge is 0.289 e. The van der Waals surface area contributed by atoms with Crippen LogP contribution in [0.1, 0.15) is 0 Å². The number of hydrogen-bond acceptors (Lipinski definition) is 2. The van der Waals surface area contributed by atoms with Crippen molar-refractivity contribution < 1.29 is 9.59 Å². The monoisotopic (exact) mass is 196 g/mol. The maximum atomic E-state index is 10.9. The Labute approximate surface area is 81.9 Å². The quantitative estimate of drug-likeness (QED) is 0.384. The zero-order valence-electron chi connectivity index (χ0n) is 7.05. The summed E-state index contributed by atoms with van der Waals surface area (Å²) in [5, 5.41) is -0.657. The average Bonchev–Trinajstić information content (AvgIpc) is 2.11. The predicted octanol–water partition coefficient (Wildman–Crippen LogP) is 2.18. The topological polar surface area (TPSA) is 34.1 Å². The van der Waals surface area contributed by atoms with E-state index in [1.807, 2.05) is 0 Å². The molecule has 3 heteroatoms. The van der Waals surface area contributed by atoms with Gasteiger partial charge in [0.1, 0.15) is 0 Å². The van der Waals surface area contributed by atoms with Crippen LogP contribution in [0.4, 0.5) is 0 Å². The summed E-state index contributed by atoms with van der Waals surface area (Å²) in [5.74, 6) is -0.300. The summed E-state index contributed by atoms with van der Waals surface area (Å²) in [6, 6.07) is 0. The minimum absolute atomic E-state index is 0.111. The first kappa shape index (κ1) is 11.6. The fourth-order valence-corrected chi connectivity index (χ4v) is 0.543. The number of hydrogen-bond donors (Lipinski definition) is 0. The summed E-state index contributed by atoms with van der Waals surface area (Å²) in [6.45, 7) is 10.1. The van der Waals surface area contributed by atoms with Crippen LogP contribution in [-0.2, 0) is 9.59 Å². The SMILES string of the molecule is C=CC(=O)C(=C)/C=C\C(=C)C(=O)Cl. The van der Waals surface area contributed by atoms with Crippen LogP contribution in [0, 0.1) is 0 Å². The third-order valence-corrected chi connectivity index (χ3v) is 1.48. The van der Waals surface area contributed by atoms with E-state index in [1.165, 1.54) is 12.2 Å². The van der Waals surface area contributed by atoms with Gasteiger partial charge in [-0.15, -0.1) is 0 Å². The molecule has 0 amide bonds. The van der Waals surface area contributed by atoms with Gasteiger partial charge in [-0.2, -0.15) is 0 Å². The zero-order valence-corrected chi connectivity index (χ0v) is 7.80. The van der Waals surface area contributed by atoms with Crippen molar-refractivity contribution in [2.45, 2.75) is 0 Å². The van der Waals surface area contributed by atoms with Crippen LogP contribution in [-0.4, -0.2) is 11.0 Å². The van der Waals surface area contributed by atoms with Gasteiger partial charge >= 0.3 is 0 Å². The van der Waals surface area contributed by atoms with E-state index in [1.54, 1.807) is 0 Å². The Bertz CT molecular complexity index is 311. The van der Waals surface area contributed by atoms with E-state index < -0.39 is 5.24 Å². The fraction of sp³-hybridized carbons (Fsp3) is 0. The molecule has 0 unspecified atom stereocenters. The van der Waals surface area contributed by atoms with Gasteiger partial charge in [0.05, 0.1) is 0 Å². The van der Waals surface area contributed by atoms with Gasteiger partial charge in [-0.3, -0.25) is 9.59 Å². The summed E-state index contributed by atoms with van der Waals surface area (Å²) >= 11 is 5.10. The maximum Gasteiger partial charge on any atom is 0.251 e. The molecule has 0 aromatic heterocycles. The standard InChI is InChI=1S/C10H9ClO2/c1-4-9(12)7(2)5-6-8(3)10(11)13/h4-6H,1-3H2/b6-5-. The molecular weight excluding hydrogens is 188 g/mol. The molecule has 0 fully saturated rings. The summed E-state index contributed by atoms with van der Waals surface area (Å²) in [5.41, 5.74) is 0.341. The highest BCUT2D eigenvalue weighted by Gasteiger charge is 2.00. The molecule has 0 aliphatic carbocycles. The second-order valence-electron chi connectivity index (χ2n) is 2.23. The van der Waals surface area contributed by atoms with Crippen molar-refractivity contribution in [3.8, 4) is 0 Å². The summed E-state index contributed by atoms with van der Waals surface area (Å²) < 4.78 is 0. The van der Waals surface area contributed by atoms with Crippen molar-refractivity contribution in [3.63, 3.8) is 0 Å². The normalized spacial score (nSPS) is 9.62. The second-order valence-corrected chi connectivity index (χ2v) is 2.57. The molecule has 2 nitrogen and oxygen atoms in total. The van der Waals surface area contributed by atoms with Crippen LogP contribution in [0.25, 0.3) is 0 Å². The maximum absolute atomic E-state index is 10.9. The predicted molar refractivity (Wildman–Crippen MR) is 53.5 cm³/mol. The molecule has 0 saturated heterocycles. The highest BCUT2D eigenvalue weighted by molar-refractivity contribution is 6.68. The summed E-state index contributed by atoms with van der Waals surface area (Å²) in [7, 11) is 0. The number of carbonyl (C=O) groups excluding carboxylic acids is 2. The lowest BCUT2D eigenvalue weighted by Gasteiger charge is -1.92. The molecule has 13 heavy (non-hydrogen) atoms. The van der Waals surface area contributed by atoms with Crippen molar-refractivity contribution in [3.05, 3.63) is 49.1 Å². The highest BCUT2D eigenvalue weighted by Crippen LogP contribution is 2.03. The molecule has 0 spiro atoms. The van der Waals surface area contributed by atoms with Crippen molar-refractivity contribution >= 4 is 22.6 Å². The number of rotatable bonds is 5. The lowest BCUT2D eigenvalue weighted by atomic mass is 10.1. The number of allylic oxidation sites excluding steroid dienone is 5. The molecule has 0 aromatic carbocycles. The van der Waals surface area contributed by atoms with Crippen LogP contribution in [0.15, 0.2) is 49.1 Å². The van der Waals surface area contributed by atoms with Crippen LogP contribution < -0.4 is 0 Å². The zero-order chi connectivity index (χ0) is 10.4. The molecule has 0 aromatic rings. The van der Waals surface area contributed by atoms with Gasteiger partial charge in [0.15, 0.2) is 5.78 Å². The van der Waals surface area contributed by atoms with E-state index in [0.717, 1.165) is 6.08 Å². The smallest absolute Gasteiger partial charge is 0.251 e. The van der Waals surface area contributed by atoms with E-state index in [0.29, 0.717) is 0 Å². The first-order valence-electron chi connectivity index (χ1n) is 3.41. The third-order valence-electron chi connectivity index (χ3n) is 1.24. The van der Waals surface area contributed by atoms with Gasteiger partial charge in [0.25, 0.3) is 5.24 Å². The Balaban J connectivity index is 4.37. The third kappa shape index (κ3) is 4.23. The average molecular weight is 197 g/mol. The van der Waals surface area contributed by atoms with Crippen LogP contribution in [0.3, 0.4) is 0 Å². The molecule has 0 heterocycles. The highest BCUT2D eigenvalue weighted by atomic mass is 35.5. The summed E-state index contributed by atoms with van der Waals surface area (Å²) in [6.07, 6.45) is 3.84. The van der Waals surface area contributed by atoms with E-state index in [2.05, 4.69) is 19.7 Å². The Morgan fingerprint density at radius 3 is 1.92 bits per heavy atom. The van der Waals surface area contributed by atoms with Gasteiger partial charge in [-0.1, -0.05) is 25.8 Å². The second kappa shape index (κ2) is 5.27. The van der Waals surface area contributed by atoms with Crippen molar-refractivity contribution in [2.75, 3.05) is 0 Å². The Kier molecular flexibility index (Phi) is 4.70. The van der Waals surface area contributed by atoms with Crippen LogP contribution >= 0.6 is 11.6 Å². The van der Waals surface area contributed by atoms with Crippen molar-refractivity contribution in [1.29, 1.82) is 0 Å². The molecule has 0 atom stereocenters. The fourth-order valence-electron chi connectivity index (χ4n) is 0.480. The molecule has 0 rings (SSSR count). The Morgan fingerprint density at radius 2 is 1.54 bits per heavy atom. The number of ketones is 1. The lowest BCUT2D eigenvalue weighted by molar-refractivity contribution is -0.111. The van der Waals surface area contributed by atoms with Crippen LogP contribution in [0.2, 0.25) is 0 Å². The Hall–Kier alpha value is -1.41. The molecule has 0 bridgehead atoms. The van der Waals surface area contributed by atoms with Gasteiger partial charge < -0.3 is 0 Å². The van der Waals surface area contributed by atoms with E-state index in [-0.39, 0.29) is 16.9 Å². The van der Waals surface area contributed by atoms with Crippen molar-refractivity contribution in [2.24, 2.45) is 0 Å². The van der Waals surface area contributed by atoms with E-state index >= 15 is 0 Å². The molecule has 68 valence electrons. The van der Waals surface area contributed by atoms with E-state index in [4.69, 9.17) is 11.6 Å². The molecule has 0 saturated carbocycles. The number of halogens is 1. The molecule has 0 N–H and O–H groups in total. The van der Waals surface area contributed by atoms with Gasteiger partial charge in [0, 0.05) is 11.1 Å². The molecule has 0 aliphatic heterocycles. The minimum atomic E-state index is -0.657. The summed E-state index contributed by atoms with van der Waals surface area (Å²) in [4.78, 5) is 21.4. The molecular formula is C10H9ClO2. The number of carbonyl (C=O) groups is 2. The first-order chi connectivity index (χ1) is 5.99. The minimum Gasteiger partial charge on any atom is -0.289 e. The molecule has 0 aliphatic rings. The van der Waals surface area contributed by atoms with Gasteiger partial charge in [-0.25, -0.2) is 0 Å². The van der Waals surface area contributed by atoms with E-state index in [9.17, 15) is 9.59 Å². The van der Waals surface area contributed by atoms with Gasteiger partial charge in [0.2, 0.25) is 0 Å². The lowest BCUT2D eigenvalue weighted by Crippen LogP contribution is -1.93. The first-order valence-corrected chi connectivity index (χ1v) is 3.79. The van der Waals surface area contributed by atoms with Gasteiger partial charge in [-0.05, 0) is 23.8 Å². The Morgan fingerprint density at radius 1 is 1.08 bits per heavy atom. The van der Waals surface area contributed by atoms with Crippen molar-refractivity contribution in [1.82, 2.24) is 0 Å². The van der Waals surface area contributed by atoms with Crippen LogP contribution in [0.5, 0.6) is 0 Å². The molecule has 0 radical (unpaired) electrons.